The molecule has 3 rings (SSSR count). The molecule has 3 aromatic rings. The summed E-state index contributed by atoms with van der Waals surface area (Å²) >= 11 is 0. The van der Waals surface area contributed by atoms with Gasteiger partial charge in [0, 0.05) is 11.6 Å². The Hall–Kier alpha value is -4.53. The molecule has 0 fully saturated rings. The van der Waals surface area contributed by atoms with E-state index in [9.17, 15) is 19.7 Å². The van der Waals surface area contributed by atoms with Crippen LogP contribution in [0.3, 0.4) is 0 Å². The first kappa shape index (κ1) is 24.1. The number of rotatable bonds is 9. The van der Waals surface area contributed by atoms with E-state index in [4.69, 9.17) is 4.74 Å². The van der Waals surface area contributed by atoms with E-state index in [1.165, 1.54) is 19.2 Å². The SMILES string of the molecule is COc1ccc(/C(C)=N/NC(=O)CNC(=O)C(c2ccccc2)c2ccccc2)cc1[N+](=O)[O-]. The lowest BCUT2D eigenvalue weighted by Gasteiger charge is -2.17. The van der Waals surface area contributed by atoms with Crippen molar-refractivity contribution in [1.29, 1.82) is 0 Å². The number of hydrazone groups is 1. The standard InChI is InChI=1S/C25H24N4O5/c1-17(20-13-14-22(34-2)21(15-20)29(32)33)27-28-23(30)16-26-25(31)24(18-9-5-3-6-10-18)19-11-7-4-8-12-19/h3-15,24H,16H2,1-2H3,(H,26,31)(H,28,30)/b27-17+. The molecular formula is C25H24N4O5. The molecule has 0 spiro atoms. The summed E-state index contributed by atoms with van der Waals surface area (Å²) in [7, 11) is 1.34. The average molecular weight is 460 g/mol. The van der Waals surface area contributed by atoms with Crippen LogP contribution in [0.5, 0.6) is 5.75 Å². The van der Waals surface area contributed by atoms with Crippen LogP contribution in [0.15, 0.2) is 84.0 Å². The van der Waals surface area contributed by atoms with Gasteiger partial charge in [0.1, 0.15) is 0 Å². The van der Waals surface area contributed by atoms with Crippen molar-refractivity contribution in [2.45, 2.75) is 12.8 Å². The molecule has 0 unspecified atom stereocenters. The van der Waals surface area contributed by atoms with E-state index in [0.29, 0.717) is 11.3 Å². The number of hydrogen-bond donors (Lipinski definition) is 2. The minimum atomic E-state index is -0.569. The van der Waals surface area contributed by atoms with E-state index < -0.39 is 16.7 Å². The van der Waals surface area contributed by atoms with Crippen LogP contribution in [0.25, 0.3) is 0 Å². The molecule has 0 aliphatic heterocycles. The molecule has 0 aliphatic rings. The van der Waals surface area contributed by atoms with E-state index >= 15 is 0 Å². The van der Waals surface area contributed by atoms with Gasteiger partial charge in [0.15, 0.2) is 5.75 Å². The highest BCUT2D eigenvalue weighted by molar-refractivity contribution is 6.00. The van der Waals surface area contributed by atoms with Gasteiger partial charge in [0.05, 0.1) is 30.2 Å². The van der Waals surface area contributed by atoms with E-state index in [1.807, 2.05) is 60.7 Å². The van der Waals surface area contributed by atoms with Gasteiger partial charge in [0.25, 0.3) is 5.91 Å². The minimum Gasteiger partial charge on any atom is -0.490 e. The van der Waals surface area contributed by atoms with E-state index in [2.05, 4.69) is 15.8 Å². The first-order valence-electron chi connectivity index (χ1n) is 10.4. The number of hydrogen-bond acceptors (Lipinski definition) is 6. The lowest BCUT2D eigenvalue weighted by Crippen LogP contribution is -2.38. The zero-order chi connectivity index (χ0) is 24.5. The second kappa shape index (κ2) is 11.4. The summed E-state index contributed by atoms with van der Waals surface area (Å²) in [5.41, 5.74) is 4.58. The largest absolute Gasteiger partial charge is 0.490 e. The molecule has 2 N–H and O–H groups in total. The molecule has 0 aromatic heterocycles. The van der Waals surface area contributed by atoms with Crippen molar-refractivity contribution in [3.8, 4) is 5.75 Å². The number of nitro groups is 1. The fourth-order valence-electron chi connectivity index (χ4n) is 3.36. The highest BCUT2D eigenvalue weighted by atomic mass is 16.6. The molecule has 0 saturated heterocycles. The molecule has 174 valence electrons. The van der Waals surface area contributed by atoms with Gasteiger partial charge < -0.3 is 10.1 Å². The Morgan fingerprint density at radius 2 is 1.59 bits per heavy atom. The second-order valence-corrected chi connectivity index (χ2v) is 7.35. The van der Waals surface area contributed by atoms with Crippen molar-refractivity contribution >= 4 is 23.2 Å². The van der Waals surface area contributed by atoms with Crippen molar-refractivity contribution in [2.24, 2.45) is 5.10 Å². The molecule has 0 atom stereocenters. The number of carbonyl (C=O) groups excluding carboxylic acids is 2. The maximum atomic E-state index is 13.0. The number of amides is 2. The van der Waals surface area contributed by atoms with Crippen LogP contribution < -0.4 is 15.5 Å². The lowest BCUT2D eigenvalue weighted by atomic mass is 9.90. The van der Waals surface area contributed by atoms with Crippen LogP contribution in [0.4, 0.5) is 5.69 Å². The van der Waals surface area contributed by atoms with Crippen LogP contribution in [0, 0.1) is 10.1 Å². The molecule has 0 saturated carbocycles. The Balaban J connectivity index is 1.66. The van der Waals surface area contributed by atoms with Gasteiger partial charge in [-0.1, -0.05) is 60.7 Å². The molecule has 2 amide bonds. The average Bonchev–Trinajstić information content (AvgIpc) is 2.87. The van der Waals surface area contributed by atoms with Crippen molar-refractivity contribution in [3.05, 3.63) is 106 Å². The molecule has 9 heteroatoms. The van der Waals surface area contributed by atoms with Crippen LogP contribution in [0.1, 0.15) is 29.5 Å². The Morgan fingerprint density at radius 3 is 2.12 bits per heavy atom. The molecular weight excluding hydrogens is 436 g/mol. The Labute approximate surface area is 196 Å². The number of nitro benzene ring substituents is 1. The van der Waals surface area contributed by atoms with Gasteiger partial charge in [0.2, 0.25) is 5.91 Å². The summed E-state index contributed by atoms with van der Waals surface area (Å²) in [6, 6.07) is 23.0. The summed E-state index contributed by atoms with van der Waals surface area (Å²) in [6.45, 7) is 1.32. The third-order valence-corrected chi connectivity index (χ3v) is 5.09. The number of ether oxygens (including phenoxy) is 1. The Bertz CT molecular complexity index is 1160. The van der Waals surface area contributed by atoms with Crippen LogP contribution in [-0.4, -0.2) is 36.1 Å². The highest BCUT2D eigenvalue weighted by Gasteiger charge is 2.23. The van der Waals surface area contributed by atoms with Crippen molar-refractivity contribution in [3.63, 3.8) is 0 Å². The highest BCUT2D eigenvalue weighted by Crippen LogP contribution is 2.28. The Morgan fingerprint density at radius 1 is 1.00 bits per heavy atom. The zero-order valence-corrected chi connectivity index (χ0v) is 18.7. The summed E-state index contributed by atoms with van der Waals surface area (Å²) in [5.74, 6) is -1.30. The summed E-state index contributed by atoms with van der Waals surface area (Å²) < 4.78 is 4.99. The van der Waals surface area contributed by atoms with E-state index in [0.717, 1.165) is 11.1 Å². The number of carbonyl (C=O) groups is 2. The summed E-state index contributed by atoms with van der Waals surface area (Å²) in [4.78, 5) is 35.9. The third kappa shape index (κ3) is 6.04. The van der Waals surface area contributed by atoms with Crippen molar-refractivity contribution in [1.82, 2.24) is 10.7 Å². The van der Waals surface area contributed by atoms with Gasteiger partial charge in [-0.15, -0.1) is 0 Å². The van der Waals surface area contributed by atoms with Gasteiger partial charge in [-0.05, 0) is 30.2 Å². The predicted octanol–water partition coefficient (Wildman–Crippen LogP) is 3.39. The quantitative estimate of drug-likeness (QED) is 0.288. The van der Waals surface area contributed by atoms with Crippen molar-refractivity contribution < 1.29 is 19.2 Å². The van der Waals surface area contributed by atoms with E-state index in [1.54, 1.807) is 13.0 Å². The monoisotopic (exact) mass is 460 g/mol. The van der Waals surface area contributed by atoms with Crippen LogP contribution in [-0.2, 0) is 9.59 Å². The third-order valence-electron chi connectivity index (χ3n) is 5.09. The first-order valence-corrected chi connectivity index (χ1v) is 10.4. The maximum absolute atomic E-state index is 13.0. The van der Waals surface area contributed by atoms with E-state index in [-0.39, 0.29) is 23.9 Å². The molecule has 3 aromatic carbocycles. The smallest absolute Gasteiger partial charge is 0.311 e. The van der Waals surface area contributed by atoms with Gasteiger partial charge >= 0.3 is 5.69 Å². The van der Waals surface area contributed by atoms with Crippen LogP contribution >= 0.6 is 0 Å². The minimum absolute atomic E-state index is 0.125. The predicted molar refractivity (Wildman–Crippen MR) is 128 cm³/mol. The lowest BCUT2D eigenvalue weighted by molar-refractivity contribution is -0.385. The van der Waals surface area contributed by atoms with Gasteiger partial charge in [-0.2, -0.15) is 5.10 Å². The van der Waals surface area contributed by atoms with Crippen molar-refractivity contribution in [2.75, 3.05) is 13.7 Å². The Kier molecular flexibility index (Phi) is 8.07. The number of nitrogens with one attached hydrogen (secondary N) is 2. The molecule has 9 nitrogen and oxygen atoms in total. The molecule has 0 heterocycles. The topological polar surface area (TPSA) is 123 Å². The normalized spacial score (nSPS) is 11.1. The molecule has 34 heavy (non-hydrogen) atoms. The summed E-state index contributed by atoms with van der Waals surface area (Å²) in [5, 5.41) is 17.9. The zero-order valence-electron chi connectivity index (χ0n) is 18.7. The maximum Gasteiger partial charge on any atom is 0.311 e. The second-order valence-electron chi connectivity index (χ2n) is 7.35. The fraction of sp³-hybridized carbons (Fsp3) is 0.160. The van der Waals surface area contributed by atoms with Gasteiger partial charge in [-0.25, -0.2) is 5.43 Å². The molecule has 0 radical (unpaired) electrons. The first-order chi connectivity index (χ1) is 16.4. The summed E-state index contributed by atoms with van der Waals surface area (Å²) in [6.07, 6.45) is 0. The fourth-order valence-corrected chi connectivity index (χ4v) is 3.36. The number of benzene rings is 3. The number of nitrogens with zero attached hydrogens (tertiary/aromatic N) is 2. The van der Waals surface area contributed by atoms with Crippen LogP contribution in [0.2, 0.25) is 0 Å². The molecule has 0 aliphatic carbocycles. The van der Waals surface area contributed by atoms with Gasteiger partial charge in [-0.3, -0.25) is 19.7 Å². The number of methoxy groups -OCH3 is 1. The molecule has 0 bridgehead atoms.